The van der Waals surface area contributed by atoms with E-state index >= 15 is 0 Å². The number of hydrogen-bond donors (Lipinski definition) is 0. The van der Waals surface area contributed by atoms with Crippen molar-refractivity contribution in [1.82, 2.24) is 0 Å². The van der Waals surface area contributed by atoms with Gasteiger partial charge in [-0.05, 0) is 26.0 Å². The molecule has 0 amide bonds. The number of rotatable bonds is 4. The molecule has 0 atom stereocenters. The van der Waals surface area contributed by atoms with Crippen LogP contribution in [0.15, 0.2) is 12.1 Å². The number of hydrogen-bond acceptors (Lipinski definition) is 3. The number of benzene rings is 1. The number of alkyl halides is 3. The van der Waals surface area contributed by atoms with Gasteiger partial charge in [0, 0.05) is 11.1 Å². The van der Waals surface area contributed by atoms with E-state index in [9.17, 15) is 22.8 Å². The van der Waals surface area contributed by atoms with Crippen LogP contribution in [0.25, 0.3) is 0 Å². The van der Waals surface area contributed by atoms with E-state index < -0.39 is 28.8 Å². The van der Waals surface area contributed by atoms with Gasteiger partial charge in [0.25, 0.3) is 0 Å². The summed E-state index contributed by atoms with van der Waals surface area (Å²) in [6.45, 7) is 2.53. The molecule has 0 aliphatic rings. The van der Waals surface area contributed by atoms with E-state index in [4.69, 9.17) is 4.74 Å². The molecule has 98 valence electrons. The van der Waals surface area contributed by atoms with Crippen LogP contribution in [0.5, 0.6) is 5.75 Å². The predicted octanol–water partition coefficient (Wildman–Crippen LogP) is 3.12. The first-order chi connectivity index (χ1) is 8.31. The highest BCUT2D eigenvalue weighted by atomic mass is 19.4. The van der Waals surface area contributed by atoms with Gasteiger partial charge in [-0.25, -0.2) is 0 Å². The average molecular weight is 260 g/mol. The first-order valence-electron chi connectivity index (χ1n) is 5.15. The number of carbonyl (C=O) groups excluding carboxylic acids is 2. The maximum Gasteiger partial charge on any atom is 0.420 e. The van der Waals surface area contributed by atoms with E-state index in [1.54, 1.807) is 0 Å². The number of aldehydes is 1. The Morgan fingerprint density at radius 3 is 2.39 bits per heavy atom. The number of ether oxygens (including phenoxy) is 1. The molecular weight excluding hydrogens is 249 g/mol. The van der Waals surface area contributed by atoms with Crippen molar-refractivity contribution in [2.24, 2.45) is 0 Å². The molecule has 0 unspecified atom stereocenters. The highest BCUT2D eigenvalue weighted by molar-refractivity contribution is 5.98. The summed E-state index contributed by atoms with van der Waals surface area (Å²) < 4.78 is 43.6. The van der Waals surface area contributed by atoms with E-state index in [1.165, 1.54) is 6.92 Å². The van der Waals surface area contributed by atoms with E-state index in [-0.39, 0.29) is 12.2 Å². The zero-order valence-corrected chi connectivity index (χ0v) is 9.80. The number of ketones is 1. The second-order valence-electron chi connectivity index (χ2n) is 3.55. The largest absolute Gasteiger partial charge is 0.493 e. The Labute approximate surface area is 102 Å². The van der Waals surface area contributed by atoms with Gasteiger partial charge < -0.3 is 4.74 Å². The molecule has 6 heteroatoms. The fraction of sp³-hybridized carbons (Fsp3) is 0.333. The molecule has 0 bridgehead atoms. The molecule has 3 nitrogen and oxygen atoms in total. The van der Waals surface area contributed by atoms with Crippen molar-refractivity contribution >= 4 is 12.1 Å². The molecule has 0 N–H and O–H groups in total. The first-order valence-corrected chi connectivity index (χ1v) is 5.15. The molecular formula is C12H11F3O3. The Morgan fingerprint density at radius 1 is 1.39 bits per heavy atom. The second kappa shape index (κ2) is 5.20. The van der Waals surface area contributed by atoms with Gasteiger partial charge in [0.1, 0.15) is 17.6 Å². The minimum absolute atomic E-state index is 0.00271. The van der Waals surface area contributed by atoms with E-state index in [1.807, 2.05) is 0 Å². The van der Waals surface area contributed by atoms with Gasteiger partial charge in [-0.2, -0.15) is 13.2 Å². The third-order valence-electron chi connectivity index (χ3n) is 2.22. The summed E-state index contributed by atoms with van der Waals surface area (Å²) in [6.07, 6.45) is -4.35. The van der Waals surface area contributed by atoms with Crippen LogP contribution in [0.4, 0.5) is 13.2 Å². The molecule has 0 fully saturated rings. The molecule has 0 saturated carbocycles. The lowest BCUT2D eigenvalue weighted by molar-refractivity contribution is -0.139. The summed E-state index contributed by atoms with van der Waals surface area (Å²) >= 11 is 0. The van der Waals surface area contributed by atoms with Gasteiger partial charge >= 0.3 is 6.18 Å². The fourth-order valence-electron chi connectivity index (χ4n) is 1.54. The molecule has 18 heavy (non-hydrogen) atoms. The van der Waals surface area contributed by atoms with Crippen molar-refractivity contribution in [3.05, 3.63) is 28.8 Å². The van der Waals surface area contributed by atoms with Crippen LogP contribution in [0.1, 0.15) is 40.1 Å². The zero-order valence-electron chi connectivity index (χ0n) is 9.80. The Kier molecular flexibility index (Phi) is 4.11. The van der Waals surface area contributed by atoms with Crippen molar-refractivity contribution in [2.75, 3.05) is 6.61 Å². The zero-order chi connectivity index (χ0) is 13.9. The van der Waals surface area contributed by atoms with Gasteiger partial charge in [0.2, 0.25) is 0 Å². The standard InChI is InChI=1S/C12H11F3O3/c1-3-18-10-5-8(6-16)4-9(7(2)17)11(10)12(13,14)15/h4-6H,3H2,1-2H3. The van der Waals surface area contributed by atoms with E-state index in [2.05, 4.69) is 0 Å². The van der Waals surface area contributed by atoms with Crippen LogP contribution < -0.4 is 4.74 Å². The molecule has 0 radical (unpaired) electrons. The summed E-state index contributed by atoms with van der Waals surface area (Å²) in [5.41, 5.74) is -1.73. The van der Waals surface area contributed by atoms with Crippen LogP contribution in [-0.2, 0) is 6.18 Å². The molecule has 0 aliphatic carbocycles. The van der Waals surface area contributed by atoms with Crippen molar-refractivity contribution in [1.29, 1.82) is 0 Å². The number of Topliss-reactive ketones (excluding diaryl/α,β-unsaturated/α-hetero) is 1. The van der Waals surface area contributed by atoms with Crippen LogP contribution in [0.3, 0.4) is 0 Å². The normalized spacial score (nSPS) is 11.2. The number of carbonyl (C=O) groups is 2. The quantitative estimate of drug-likeness (QED) is 0.617. The summed E-state index contributed by atoms with van der Waals surface area (Å²) in [4.78, 5) is 21.9. The lowest BCUT2D eigenvalue weighted by Gasteiger charge is -2.16. The van der Waals surface area contributed by atoms with Crippen molar-refractivity contribution in [3.8, 4) is 5.75 Å². The van der Waals surface area contributed by atoms with Crippen molar-refractivity contribution in [2.45, 2.75) is 20.0 Å². The van der Waals surface area contributed by atoms with Crippen molar-refractivity contribution in [3.63, 3.8) is 0 Å². The van der Waals surface area contributed by atoms with Crippen LogP contribution in [0, 0.1) is 0 Å². The summed E-state index contributed by atoms with van der Waals surface area (Å²) in [6, 6.07) is 1.90. The Bertz CT molecular complexity index is 478. The summed E-state index contributed by atoms with van der Waals surface area (Å²) in [7, 11) is 0. The smallest absolute Gasteiger partial charge is 0.420 e. The Hall–Kier alpha value is -1.85. The minimum atomic E-state index is -4.72. The van der Waals surface area contributed by atoms with Gasteiger partial charge in [-0.3, -0.25) is 9.59 Å². The minimum Gasteiger partial charge on any atom is -0.493 e. The molecule has 0 heterocycles. The monoisotopic (exact) mass is 260 g/mol. The van der Waals surface area contributed by atoms with E-state index in [0.29, 0.717) is 6.29 Å². The molecule has 0 saturated heterocycles. The predicted molar refractivity (Wildman–Crippen MR) is 58.0 cm³/mol. The second-order valence-corrected chi connectivity index (χ2v) is 3.55. The molecule has 0 spiro atoms. The maximum atomic E-state index is 12.9. The highest BCUT2D eigenvalue weighted by Crippen LogP contribution is 2.39. The maximum absolute atomic E-state index is 12.9. The highest BCUT2D eigenvalue weighted by Gasteiger charge is 2.38. The van der Waals surface area contributed by atoms with E-state index in [0.717, 1.165) is 19.1 Å². The van der Waals surface area contributed by atoms with Gasteiger partial charge in [-0.15, -0.1) is 0 Å². The van der Waals surface area contributed by atoms with Gasteiger partial charge in [0.15, 0.2) is 5.78 Å². The fourth-order valence-corrected chi connectivity index (χ4v) is 1.54. The Morgan fingerprint density at radius 2 is 2.00 bits per heavy atom. The topological polar surface area (TPSA) is 43.4 Å². The van der Waals surface area contributed by atoms with Gasteiger partial charge in [-0.1, -0.05) is 0 Å². The van der Waals surface area contributed by atoms with Crippen LogP contribution in [0.2, 0.25) is 0 Å². The third-order valence-corrected chi connectivity index (χ3v) is 2.22. The Balaban J connectivity index is 3.60. The van der Waals surface area contributed by atoms with Crippen molar-refractivity contribution < 1.29 is 27.5 Å². The first kappa shape index (κ1) is 14.2. The number of halogens is 3. The van der Waals surface area contributed by atoms with Crippen LogP contribution >= 0.6 is 0 Å². The molecule has 1 rings (SSSR count). The third kappa shape index (κ3) is 2.88. The average Bonchev–Trinajstić information content (AvgIpc) is 2.26. The summed E-state index contributed by atoms with van der Waals surface area (Å²) in [5, 5.41) is 0. The SMILES string of the molecule is CCOc1cc(C=O)cc(C(C)=O)c1C(F)(F)F. The molecule has 0 aliphatic heterocycles. The molecule has 0 aromatic heterocycles. The van der Waals surface area contributed by atoms with Gasteiger partial charge in [0.05, 0.1) is 6.61 Å². The molecule has 1 aromatic rings. The lowest BCUT2D eigenvalue weighted by Crippen LogP contribution is -2.15. The lowest BCUT2D eigenvalue weighted by atomic mass is 9.99. The molecule has 1 aromatic carbocycles. The van der Waals surface area contributed by atoms with Crippen LogP contribution in [-0.4, -0.2) is 18.7 Å². The summed E-state index contributed by atoms with van der Waals surface area (Å²) in [5.74, 6) is -1.27.